The van der Waals surface area contributed by atoms with Gasteiger partial charge in [-0.2, -0.15) is 5.10 Å². The van der Waals surface area contributed by atoms with Crippen molar-refractivity contribution in [2.45, 2.75) is 36.3 Å². The van der Waals surface area contributed by atoms with E-state index in [-0.39, 0.29) is 5.91 Å². The predicted molar refractivity (Wildman–Crippen MR) is 125 cm³/mol. The number of benzene rings is 3. The zero-order valence-corrected chi connectivity index (χ0v) is 18.2. The van der Waals surface area contributed by atoms with Crippen LogP contribution in [-0.2, 0) is 12.2 Å². The minimum Gasteiger partial charge on any atom is -0.267 e. The number of carbonyl (C=O) groups excluding carboxylic acids is 1. The molecular weight excluding hydrogens is 412 g/mol. The second-order valence-corrected chi connectivity index (χ2v) is 8.79. The normalized spacial score (nSPS) is 14.8. The molecule has 0 heterocycles. The van der Waals surface area contributed by atoms with E-state index in [2.05, 4.69) is 28.7 Å². The summed E-state index contributed by atoms with van der Waals surface area (Å²) in [6.45, 7) is 0. The first-order chi connectivity index (χ1) is 14.7. The quantitative estimate of drug-likeness (QED) is 0.283. The number of nitrogens with zero attached hydrogens (tertiary/aromatic N) is 1. The number of rotatable bonds is 5. The Kier molecular flexibility index (Phi) is 6.88. The molecule has 0 fully saturated rings. The molecule has 3 aromatic carbocycles. The number of carbonyl (C=O) groups is 1. The first-order valence-corrected chi connectivity index (χ1v) is 11.5. The molecule has 0 bridgehead atoms. The van der Waals surface area contributed by atoms with Crippen molar-refractivity contribution in [3.63, 3.8) is 0 Å². The Morgan fingerprint density at radius 2 is 1.67 bits per heavy atom. The maximum atomic E-state index is 12.6. The van der Waals surface area contributed by atoms with Gasteiger partial charge in [0.25, 0.3) is 5.91 Å². The third-order valence-electron chi connectivity index (χ3n) is 5.17. The lowest BCUT2D eigenvalue weighted by atomic mass is 10.0. The van der Waals surface area contributed by atoms with Crippen LogP contribution >= 0.6 is 23.4 Å². The van der Waals surface area contributed by atoms with Crippen molar-refractivity contribution >= 4 is 35.0 Å². The van der Waals surface area contributed by atoms with Crippen LogP contribution in [0, 0.1) is 0 Å². The molecule has 5 heteroatoms. The van der Waals surface area contributed by atoms with Gasteiger partial charge in [-0.15, -0.1) is 11.8 Å². The number of fused-ring (bicyclic) bond motifs is 1. The number of hydrazone groups is 1. The van der Waals surface area contributed by atoms with Crippen LogP contribution in [-0.4, -0.2) is 11.6 Å². The number of hydrogen-bond donors (Lipinski definition) is 1. The number of halogens is 1. The Balaban J connectivity index is 1.38. The fourth-order valence-electron chi connectivity index (χ4n) is 3.51. The van der Waals surface area contributed by atoms with Crippen molar-refractivity contribution in [3.8, 4) is 0 Å². The van der Waals surface area contributed by atoms with Gasteiger partial charge in [-0.25, -0.2) is 5.43 Å². The largest absolute Gasteiger partial charge is 0.271 e. The molecule has 30 heavy (non-hydrogen) atoms. The summed E-state index contributed by atoms with van der Waals surface area (Å²) in [6, 6.07) is 23.9. The van der Waals surface area contributed by atoms with Gasteiger partial charge in [0, 0.05) is 26.8 Å². The van der Waals surface area contributed by atoms with Gasteiger partial charge < -0.3 is 0 Å². The predicted octanol–water partition coefficient (Wildman–Crippen LogP) is 6.49. The number of amides is 1. The van der Waals surface area contributed by atoms with Crippen LogP contribution in [0.2, 0.25) is 5.02 Å². The average molecular weight is 435 g/mol. The van der Waals surface area contributed by atoms with Gasteiger partial charge in [-0.05, 0) is 73.2 Å². The Hall–Kier alpha value is -2.56. The molecule has 0 aromatic heterocycles. The van der Waals surface area contributed by atoms with Crippen molar-refractivity contribution in [1.29, 1.82) is 0 Å². The molecule has 0 spiro atoms. The highest BCUT2D eigenvalue weighted by atomic mass is 35.5. The molecule has 152 valence electrons. The monoisotopic (exact) mass is 434 g/mol. The van der Waals surface area contributed by atoms with Crippen molar-refractivity contribution in [1.82, 2.24) is 5.43 Å². The number of aryl methyl sites for hydroxylation is 1. The highest BCUT2D eigenvalue weighted by Gasteiger charge is 2.14. The van der Waals surface area contributed by atoms with E-state index in [0.717, 1.165) is 53.3 Å². The lowest BCUT2D eigenvalue weighted by Gasteiger charge is -2.08. The van der Waals surface area contributed by atoms with Crippen LogP contribution in [0.15, 0.2) is 82.8 Å². The van der Waals surface area contributed by atoms with Gasteiger partial charge in [0.1, 0.15) is 0 Å². The minimum atomic E-state index is -0.180. The topological polar surface area (TPSA) is 41.5 Å². The Morgan fingerprint density at radius 1 is 0.933 bits per heavy atom. The summed E-state index contributed by atoms with van der Waals surface area (Å²) >= 11 is 7.67. The average Bonchev–Trinajstić information content (AvgIpc) is 3.00. The van der Waals surface area contributed by atoms with Gasteiger partial charge in [0.15, 0.2) is 0 Å². The first-order valence-electron chi connectivity index (χ1n) is 10.1. The number of nitrogens with one attached hydrogen (secondary N) is 1. The van der Waals surface area contributed by atoms with Crippen molar-refractivity contribution in [3.05, 3.63) is 100 Å². The smallest absolute Gasteiger partial charge is 0.267 e. The summed E-state index contributed by atoms with van der Waals surface area (Å²) in [4.78, 5) is 13.7. The maximum Gasteiger partial charge on any atom is 0.271 e. The Labute approximate surface area is 186 Å². The van der Waals surface area contributed by atoms with E-state index in [1.54, 1.807) is 11.8 Å². The second kappa shape index (κ2) is 9.96. The SMILES string of the molecule is O=C(N/N=C1/CCCCc2ccccc21)c1ccc(CSc2ccc(Cl)cc2)cc1. The summed E-state index contributed by atoms with van der Waals surface area (Å²) in [7, 11) is 0. The third-order valence-corrected chi connectivity index (χ3v) is 6.50. The van der Waals surface area contributed by atoms with E-state index in [1.165, 1.54) is 10.5 Å². The van der Waals surface area contributed by atoms with Crippen LogP contribution in [0.5, 0.6) is 0 Å². The standard InChI is InChI=1S/C25H23ClN2OS/c26-21-13-15-22(16-14-21)30-17-18-9-11-20(12-10-18)25(29)28-27-24-8-4-2-6-19-5-1-3-7-23(19)24/h1,3,5,7,9-16H,2,4,6,8,17H2,(H,28,29)/b27-24-. The second-order valence-electron chi connectivity index (χ2n) is 7.30. The van der Waals surface area contributed by atoms with E-state index >= 15 is 0 Å². The van der Waals surface area contributed by atoms with Crippen molar-refractivity contribution < 1.29 is 4.79 Å². The molecule has 4 rings (SSSR count). The van der Waals surface area contributed by atoms with Crippen LogP contribution in [0.4, 0.5) is 0 Å². The molecule has 0 radical (unpaired) electrons. The van der Waals surface area contributed by atoms with Crippen LogP contribution in [0.3, 0.4) is 0 Å². The molecule has 3 aromatic rings. The van der Waals surface area contributed by atoms with Crippen molar-refractivity contribution in [2.24, 2.45) is 5.10 Å². The summed E-state index contributed by atoms with van der Waals surface area (Å²) in [5.74, 6) is 0.656. The van der Waals surface area contributed by atoms with E-state index < -0.39 is 0 Å². The van der Waals surface area contributed by atoms with Gasteiger partial charge >= 0.3 is 0 Å². The highest BCUT2D eigenvalue weighted by molar-refractivity contribution is 7.98. The molecule has 0 saturated heterocycles. The molecule has 3 nitrogen and oxygen atoms in total. The zero-order valence-electron chi connectivity index (χ0n) is 16.6. The van der Waals surface area contributed by atoms with Gasteiger partial charge in [-0.1, -0.05) is 48.0 Å². The van der Waals surface area contributed by atoms with Gasteiger partial charge in [0.05, 0.1) is 5.71 Å². The van der Waals surface area contributed by atoms with E-state index in [9.17, 15) is 4.79 Å². The van der Waals surface area contributed by atoms with E-state index in [0.29, 0.717) is 5.56 Å². The van der Waals surface area contributed by atoms with Crippen LogP contribution < -0.4 is 5.43 Å². The Morgan fingerprint density at radius 3 is 2.47 bits per heavy atom. The van der Waals surface area contributed by atoms with Gasteiger partial charge in [0.2, 0.25) is 0 Å². The van der Waals surface area contributed by atoms with Crippen LogP contribution in [0.25, 0.3) is 0 Å². The number of thioether (sulfide) groups is 1. The lowest BCUT2D eigenvalue weighted by Crippen LogP contribution is -2.20. The zero-order chi connectivity index (χ0) is 20.8. The summed E-state index contributed by atoms with van der Waals surface area (Å²) in [6.07, 6.45) is 4.19. The minimum absolute atomic E-state index is 0.180. The van der Waals surface area contributed by atoms with Crippen LogP contribution in [0.1, 0.15) is 46.3 Å². The first kappa shape index (κ1) is 20.7. The fourth-order valence-corrected chi connectivity index (χ4v) is 4.49. The molecule has 0 aliphatic heterocycles. The highest BCUT2D eigenvalue weighted by Crippen LogP contribution is 2.24. The molecule has 0 unspecified atom stereocenters. The summed E-state index contributed by atoms with van der Waals surface area (Å²) in [5.41, 5.74) is 7.96. The molecular formula is C25H23ClN2OS. The molecule has 1 amide bonds. The molecule has 1 aliphatic rings. The van der Waals surface area contributed by atoms with E-state index in [1.807, 2.05) is 54.6 Å². The third kappa shape index (κ3) is 5.32. The molecule has 1 N–H and O–H groups in total. The van der Waals surface area contributed by atoms with Gasteiger partial charge in [-0.3, -0.25) is 4.79 Å². The Bertz CT molecular complexity index is 1050. The lowest BCUT2D eigenvalue weighted by molar-refractivity contribution is 0.0955. The number of hydrogen-bond acceptors (Lipinski definition) is 3. The van der Waals surface area contributed by atoms with E-state index in [4.69, 9.17) is 11.6 Å². The van der Waals surface area contributed by atoms with Crippen molar-refractivity contribution in [2.75, 3.05) is 0 Å². The summed E-state index contributed by atoms with van der Waals surface area (Å²) in [5, 5.41) is 5.21. The molecule has 0 atom stereocenters. The molecule has 0 saturated carbocycles. The molecule has 1 aliphatic carbocycles. The maximum absolute atomic E-state index is 12.6. The summed E-state index contributed by atoms with van der Waals surface area (Å²) < 4.78 is 0. The fraction of sp³-hybridized carbons (Fsp3) is 0.200.